The van der Waals surface area contributed by atoms with Crippen LogP contribution in [-0.2, 0) is 7.05 Å². The molecular weight excluding hydrogens is 226 g/mol. The van der Waals surface area contributed by atoms with Gasteiger partial charge < -0.3 is 10.2 Å². The van der Waals surface area contributed by atoms with Crippen LogP contribution in [0.3, 0.4) is 0 Å². The zero-order valence-corrected chi connectivity index (χ0v) is 10.00. The summed E-state index contributed by atoms with van der Waals surface area (Å²) in [7, 11) is 1.84. The Morgan fingerprint density at radius 3 is 2.56 bits per heavy atom. The number of hydrogen-bond acceptors (Lipinski definition) is 3. The van der Waals surface area contributed by atoms with Gasteiger partial charge in [0.15, 0.2) is 0 Å². The van der Waals surface area contributed by atoms with E-state index in [0.717, 1.165) is 22.4 Å². The second kappa shape index (κ2) is 4.07. The molecule has 4 nitrogen and oxygen atoms in total. The minimum atomic E-state index is 0.650. The van der Waals surface area contributed by atoms with E-state index < -0.39 is 0 Å². The first kappa shape index (κ1) is 10.7. The summed E-state index contributed by atoms with van der Waals surface area (Å²) >= 11 is 0. The minimum absolute atomic E-state index is 0.650. The van der Waals surface area contributed by atoms with E-state index in [1.165, 1.54) is 0 Å². The summed E-state index contributed by atoms with van der Waals surface area (Å²) in [5, 5.41) is 4.46. The molecule has 0 amide bonds. The standard InChI is InChI=1S/C14H13N3O/c1-17-14(15)12(10-5-3-2-4-6-10)13(16-17)11-7-8-18-9-11/h2-9H,15H2,1H3. The first-order chi connectivity index (χ1) is 8.77. The zero-order valence-electron chi connectivity index (χ0n) is 10.00. The van der Waals surface area contributed by atoms with Crippen molar-refractivity contribution in [1.82, 2.24) is 9.78 Å². The van der Waals surface area contributed by atoms with Crippen LogP contribution in [0.25, 0.3) is 22.4 Å². The SMILES string of the molecule is Cn1nc(-c2ccoc2)c(-c2ccccc2)c1N. The highest BCUT2D eigenvalue weighted by Crippen LogP contribution is 2.35. The maximum Gasteiger partial charge on any atom is 0.129 e. The number of nitrogens with zero attached hydrogens (tertiary/aromatic N) is 2. The molecule has 0 atom stereocenters. The lowest BCUT2D eigenvalue weighted by molar-refractivity contribution is 0.568. The highest BCUT2D eigenvalue weighted by molar-refractivity contribution is 5.87. The van der Waals surface area contributed by atoms with Crippen LogP contribution in [0.4, 0.5) is 5.82 Å². The number of aryl methyl sites for hydroxylation is 1. The Kier molecular flexibility index (Phi) is 2.41. The molecule has 0 aliphatic carbocycles. The summed E-state index contributed by atoms with van der Waals surface area (Å²) in [5.41, 5.74) is 9.88. The van der Waals surface area contributed by atoms with Crippen LogP contribution < -0.4 is 5.73 Å². The van der Waals surface area contributed by atoms with Crippen molar-refractivity contribution in [2.75, 3.05) is 5.73 Å². The number of anilines is 1. The van der Waals surface area contributed by atoms with E-state index in [2.05, 4.69) is 5.10 Å². The summed E-state index contributed by atoms with van der Waals surface area (Å²) in [5.74, 6) is 0.650. The van der Waals surface area contributed by atoms with Gasteiger partial charge in [0.05, 0.1) is 18.1 Å². The molecule has 0 fully saturated rings. The van der Waals surface area contributed by atoms with E-state index in [1.54, 1.807) is 17.2 Å². The van der Waals surface area contributed by atoms with Crippen molar-refractivity contribution in [3.8, 4) is 22.4 Å². The quantitative estimate of drug-likeness (QED) is 0.748. The average Bonchev–Trinajstić information content (AvgIpc) is 3.00. The predicted molar refractivity (Wildman–Crippen MR) is 70.8 cm³/mol. The molecule has 18 heavy (non-hydrogen) atoms. The molecule has 90 valence electrons. The Hall–Kier alpha value is -2.49. The fraction of sp³-hybridized carbons (Fsp3) is 0.0714. The summed E-state index contributed by atoms with van der Waals surface area (Å²) in [6.07, 6.45) is 3.31. The van der Waals surface area contributed by atoms with E-state index >= 15 is 0 Å². The molecule has 0 aliphatic heterocycles. The van der Waals surface area contributed by atoms with Gasteiger partial charge in [-0.3, -0.25) is 4.68 Å². The number of aromatic nitrogens is 2. The van der Waals surface area contributed by atoms with Crippen LogP contribution in [-0.4, -0.2) is 9.78 Å². The van der Waals surface area contributed by atoms with Gasteiger partial charge >= 0.3 is 0 Å². The second-order valence-corrected chi connectivity index (χ2v) is 4.11. The summed E-state index contributed by atoms with van der Waals surface area (Å²) in [4.78, 5) is 0. The highest BCUT2D eigenvalue weighted by Gasteiger charge is 2.17. The minimum Gasteiger partial charge on any atom is -0.472 e. The maximum absolute atomic E-state index is 6.11. The molecule has 4 heteroatoms. The molecular formula is C14H13N3O. The van der Waals surface area contributed by atoms with Gasteiger partial charge in [-0.15, -0.1) is 0 Å². The fourth-order valence-corrected chi connectivity index (χ4v) is 2.03. The van der Waals surface area contributed by atoms with E-state index in [9.17, 15) is 0 Å². The van der Waals surface area contributed by atoms with E-state index in [-0.39, 0.29) is 0 Å². The topological polar surface area (TPSA) is 57.0 Å². The Morgan fingerprint density at radius 1 is 1.11 bits per heavy atom. The first-order valence-corrected chi connectivity index (χ1v) is 5.68. The molecule has 2 aromatic heterocycles. The smallest absolute Gasteiger partial charge is 0.129 e. The average molecular weight is 239 g/mol. The van der Waals surface area contributed by atoms with Gasteiger partial charge in [0.1, 0.15) is 11.5 Å². The summed E-state index contributed by atoms with van der Waals surface area (Å²) in [6, 6.07) is 11.9. The first-order valence-electron chi connectivity index (χ1n) is 5.68. The number of nitrogens with two attached hydrogens (primary N) is 1. The fourth-order valence-electron chi connectivity index (χ4n) is 2.03. The normalized spacial score (nSPS) is 10.7. The number of benzene rings is 1. The molecule has 0 radical (unpaired) electrons. The summed E-state index contributed by atoms with van der Waals surface area (Å²) in [6.45, 7) is 0. The Morgan fingerprint density at radius 2 is 1.89 bits per heavy atom. The van der Waals surface area contributed by atoms with Crippen molar-refractivity contribution < 1.29 is 4.42 Å². The lowest BCUT2D eigenvalue weighted by Gasteiger charge is -2.02. The molecule has 0 spiro atoms. The van der Waals surface area contributed by atoms with Crippen molar-refractivity contribution in [3.05, 3.63) is 48.9 Å². The van der Waals surface area contributed by atoms with Crippen LogP contribution in [0.2, 0.25) is 0 Å². The van der Waals surface area contributed by atoms with Crippen LogP contribution >= 0.6 is 0 Å². The Balaban J connectivity index is 2.26. The van der Waals surface area contributed by atoms with Crippen molar-refractivity contribution in [2.24, 2.45) is 7.05 Å². The van der Waals surface area contributed by atoms with Gasteiger partial charge in [-0.05, 0) is 11.6 Å². The van der Waals surface area contributed by atoms with Gasteiger partial charge in [0.25, 0.3) is 0 Å². The van der Waals surface area contributed by atoms with Gasteiger partial charge in [-0.1, -0.05) is 30.3 Å². The van der Waals surface area contributed by atoms with E-state index in [4.69, 9.17) is 10.2 Å². The number of hydrogen-bond donors (Lipinski definition) is 1. The van der Waals surface area contributed by atoms with Crippen molar-refractivity contribution >= 4 is 5.82 Å². The maximum atomic E-state index is 6.11. The number of nitrogen functional groups attached to an aromatic ring is 1. The summed E-state index contributed by atoms with van der Waals surface area (Å²) < 4.78 is 6.80. The van der Waals surface area contributed by atoms with Gasteiger partial charge in [-0.25, -0.2) is 0 Å². The molecule has 3 aromatic rings. The van der Waals surface area contributed by atoms with E-state index in [1.807, 2.05) is 43.4 Å². The lowest BCUT2D eigenvalue weighted by Crippen LogP contribution is -1.97. The molecule has 2 heterocycles. The molecule has 1 aromatic carbocycles. The van der Waals surface area contributed by atoms with Crippen molar-refractivity contribution in [1.29, 1.82) is 0 Å². The molecule has 0 bridgehead atoms. The second-order valence-electron chi connectivity index (χ2n) is 4.11. The van der Waals surface area contributed by atoms with Crippen LogP contribution in [0.5, 0.6) is 0 Å². The van der Waals surface area contributed by atoms with Crippen LogP contribution in [0.15, 0.2) is 53.3 Å². The zero-order chi connectivity index (χ0) is 12.5. The van der Waals surface area contributed by atoms with Crippen LogP contribution in [0, 0.1) is 0 Å². The van der Waals surface area contributed by atoms with Crippen LogP contribution in [0.1, 0.15) is 0 Å². The molecule has 3 rings (SSSR count). The molecule has 2 N–H and O–H groups in total. The molecule has 0 aliphatic rings. The Labute approximate surface area is 105 Å². The van der Waals surface area contributed by atoms with E-state index in [0.29, 0.717) is 5.82 Å². The molecule has 0 saturated heterocycles. The molecule has 0 saturated carbocycles. The Bertz CT molecular complexity index is 654. The van der Waals surface area contributed by atoms with Gasteiger partial charge in [0.2, 0.25) is 0 Å². The third-order valence-electron chi connectivity index (χ3n) is 2.95. The predicted octanol–water partition coefficient (Wildman–Crippen LogP) is 2.93. The highest BCUT2D eigenvalue weighted by atomic mass is 16.3. The number of furan rings is 1. The third-order valence-corrected chi connectivity index (χ3v) is 2.95. The van der Waals surface area contributed by atoms with Gasteiger partial charge in [-0.2, -0.15) is 5.10 Å². The van der Waals surface area contributed by atoms with Crippen molar-refractivity contribution in [3.63, 3.8) is 0 Å². The van der Waals surface area contributed by atoms with Crippen molar-refractivity contribution in [2.45, 2.75) is 0 Å². The third kappa shape index (κ3) is 1.59. The largest absolute Gasteiger partial charge is 0.472 e. The lowest BCUT2D eigenvalue weighted by atomic mass is 10.0. The number of rotatable bonds is 2. The monoisotopic (exact) mass is 239 g/mol. The molecule has 0 unspecified atom stereocenters. The van der Waals surface area contributed by atoms with Gasteiger partial charge in [0, 0.05) is 12.6 Å².